The molecule has 0 spiro atoms. The molecule has 5 nitrogen and oxygen atoms in total. The molecule has 1 unspecified atom stereocenters. The molecule has 0 aliphatic carbocycles. The van der Waals surface area contributed by atoms with Gasteiger partial charge in [0.05, 0.1) is 18.8 Å². The van der Waals surface area contributed by atoms with E-state index >= 15 is 0 Å². The van der Waals surface area contributed by atoms with Crippen LogP contribution in [0.1, 0.15) is 24.5 Å². The first-order valence-corrected chi connectivity index (χ1v) is 6.74. The van der Waals surface area contributed by atoms with E-state index in [4.69, 9.17) is 10.5 Å². The van der Waals surface area contributed by atoms with Crippen molar-refractivity contribution < 1.29 is 14.2 Å². The van der Waals surface area contributed by atoms with Gasteiger partial charge in [0, 0.05) is 13.2 Å². The van der Waals surface area contributed by atoms with Crippen LogP contribution < -0.4 is 11.1 Å². The summed E-state index contributed by atoms with van der Waals surface area (Å²) in [6, 6.07) is 5.68. The summed E-state index contributed by atoms with van der Waals surface area (Å²) in [4.78, 5) is 4.07. The molecule has 1 aromatic rings. The lowest BCUT2D eigenvalue weighted by Gasteiger charge is -2.12. The van der Waals surface area contributed by atoms with Crippen LogP contribution in [-0.2, 0) is 4.74 Å². The molecule has 1 fully saturated rings. The Morgan fingerprint density at radius 1 is 1.50 bits per heavy atom. The number of nitrogens with one attached hydrogen (secondary N) is 1. The highest BCUT2D eigenvalue weighted by Crippen LogP contribution is 2.13. The van der Waals surface area contributed by atoms with Gasteiger partial charge in [-0.2, -0.15) is 0 Å². The number of halogens is 1. The predicted octanol–water partition coefficient (Wildman–Crippen LogP) is 0.942. The molecule has 0 amide bonds. The molecule has 0 radical (unpaired) electrons. The molecule has 6 heteroatoms. The van der Waals surface area contributed by atoms with Crippen LogP contribution in [0.15, 0.2) is 29.3 Å². The Kier molecular flexibility index (Phi) is 5.31. The Bertz CT molecular complexity index is 444. The highest BCUT2D eigenvalue weighted by atomic mass is 19.1. The molecule has 1 heterocycles. The van der Waals surface area contributed by atoms with Gasteiger partial charge >= 0.3 is 0 Å². The van der Waals surface area contributed by atoms with Gasteiger partial charge in [-0.05, 0) is 30.5 Å². The zero-order valence-electron chi connectivity index (χ0n) is 11.3. The van der Waals surface area contributed by atoms with Crippen LogP contribution in [0.4, 0.5) is 4.39 Å². The topological polar surface area (TPSA) is 79.9 Å². The maximum absolute atomic E-state index is 12.8. The number of aliphatic hydroxyl groups excluding tert-OH is 1. The largest absolute Gasteiger partial charge is 0.386 e. The Morgan fingerprint density at radius 2 is 2.25 bits per heavy atom. The van der Waals surface area contributed by atoms with Gasteiger partial charge in [0.2, 0.25) is 0 Å². The van der Waals surface area contributed by atoms with Crippen molar-refractivity contribution in [1.82, 2.24) is 5.32 Å². The quantitative estimate of drug-likeness (QED) is 0.554. The third-order valence-electron chi connectivity index (χ3n) is 3.22. The highest BCUT2D eigenvalue weighted by Gasteiger charge is 2.15. The fourth-order valence-corrected chi connectivity index (χ4v) is 2.05. The number of nitrogens with two attached hydrogens (primary N) is 1. The Labute approximate surface area is 117 Å². The summed E-state index contributed by atoms with van der Waals surface area (Å²) < 4.78 is 18.2. The zero-order valence-corrected chi connectivity index (χ0v) is 11.3. The summed E-state index contributed by atoms with van der Waals surface area (Å²) in [5.74, 6) is -0.0520. The molecule has 2 atom stereocenters. The number of hydrogen-bond acceptors (Lipinski definition) is 3. The summed E-state index contributed by atoms with van der Waals surface area (Å²) in [5, 5.41) is 12.9. The molecule has 0 aromatic heterocycles. The van der Waals surface area contributed by atoms with Gasteiger partial charge in [-0.15, -0.1) is 0 Å². The van der Waals surface area contributed by atoms with Crippen molar-refractivity contribution in [3.63, 3.8) is 0 Å². The summed E-state index contributed by atoms with van der Waals surface area (Å²) >= 11 is 0. The first-order chi connectivity index (χ1) is 9.65. The van der Waals surface area contributed by atoms with Crippen LogP contribution in [0.3, 0.4) is 0 Å². The van der Waals surface area contributed by atoms with Gasteiger partial charge in [0.15, 0.2) is 5.96 Å². The number of rotatable bonds is 5. The summed E-state index contributed by atoms with van der Waals surface area (Å²) in [5.41, 5.74) is 6.33. The molecular formula is C14H20FN3O2. The van der Waals surface area contributed by atoms with Crippen molar-refractivity contribution in [3.05, 3.63) is 35.6 Å². The molecule has 1 aliphatic rings. The smallest absolute Gasteiger partial charge is 0.188 e. The van der Waals surface area contributed by atoms with E-state index < -0.39 is 6.10 Å². The molecule has 1 saturated heterocycles. The standard InChI is InChI=1S/C14H20FN3O2/c15-11-5-3-10(4-6-11)13(19)9-18-14(16)17-8-12-2-1-7-20-12/h3-6,12-13,19H,1-2,7-9H2,(H3,16,17,18)/t12?,13-/m0/s1. The normalized spacial score (nSPS) is 20.9. The van der Waals surface area contributed by atoms with Gasteiger partial charge < -0.3 is 20.9 Å². The summed E-state index contributed by atoms with van der Waals surface area (Å²) in [6.45, 7) is 1.56. The summed E-state index contributed by atoms with van der Waals surface area (Å²) in [6.07, 6.45) is 1.50. The maximum Gasteiger partial charge on any atom is 0.188 e. The van der Waals surface area contributed by atoms with Crippen molar-refractivity contribution in [1.29, 1.82) is 0 Å². The Morgan fingerprint density at radius 3 is 2.90 bits per heavy atom. The number of ether oxygens (including phenoxy) is 1. The molecule has 1 aliphatic heterocycles. The average Bonchev–Trinajstić information content (AvgIpc) is 2.96. The second-order valence-electron chi connectivity index (χ2n) is 4.81. The van der Waals surface area contributed by atoms with E-state index in [-0.39, 0.29) is 24.4 Å². The van der Waals surface area contributed by atoms with Crippen molar-refractivity contribution in [2.24, 2.45) is 10.7 Å². The fourth-order valence-electron chi connectivity index (χ4n) is 2.05. The number of aliphatic imine (C=N–C) groups is 1. The van der Waals surface area contributed by atoms with Crippen LogP contribution in [0.5, 0.6) is 0 Å². The Hall–Kier alpha value is -1.66. The van der Waals surface area contributed by atoms with Crippen LogP contribution >= 0.6 is 0 Å². The Balaban J connectivity index is 1.76. The lowest BCUT2D eigenvalue weighted by molar-refractivity contribution is 0.114. The van der Waals surface area contributed by atoms with E-state index in [0.29, 0.717) is 12.1 Å². The van der Waals surface area contributed by atoms with Gasteiger partial charge in [0.1, 0.15) is 5.82 Å². The first-order valence-electron chi connectivity index (χ1n) is 6.74. The van der Waals surface area contributed by atoms with E-state index in [1.165, 1.54) is 24.3 Å². The zero-order chi connectivity index (χ0) is 14.4. The van der Waals surface area contributed by atoms with E-state index in [2.05, 4.69) is 10.3 Å². The molecule has 4 N–H and O–H groups in total. The molecule has 0 bridgehead atoms. The highest BCUT2D eigenvalue weighted by molar-refractivity contribution is 5.77. The molecule has 1 aromatic carbocycles. The number of aliphatic hydroxyl groups is 1. The number of hydrogen-bond donors (Lipinski definition) is 3. The minimum Gasteiger partial charge on any atom is -0.386 e. The van der Waals surface area contributed by atoms with E-state index in [1.54, 1.807) is 0 Å². The van der Waals surface area contributed by atoms with E-state index in [9.17, 15) is 9.50 Å². The van der Waals surface area contributed by atoms with Crippen LogP contribution in [-0.4, -0.2) is 36.9 Å². The third-order valence-corrected chi connectivity index (χ3v) is 3.22. The molecule has 2 rings (SSSR count). The van der Waals surface area contributed by atoms with Crippen molar-refractivity contribution >= 4 is 5.96 Å². The maximum atomic E-state index is 12.8. The van der Waals surface area contributed by atoms with Crippen LogP contribution in [0, 0.1) is 5.82 Å². The van der Waals surface area contributed by atoms with E-state index in [0.717, 1.165) is 19.4 Å². The van der Waals surface area contributed by atoms with Gasteiger partial charge in [0.25, 0.3) is 0 Å². The second kappa shape index (κ2) is 7.21. The van der Waals surface area contributed by atoms with E-state index in [1.807, 2.05) is 0 Å². The number of nitrogens with zero attached hydrogens (tertiary/aromatic N) is 1. The monoisotopic (exact) mass is 281 g/mol. The molecule has 110 valence electrons. The van der Waals surface area contributed by atoms with Gasteiger partial charge in [-0.3, -0.25) is 4.99 Å². The molecule has 0 saturated carbocycles. The fraction of sp³-hybridized carbons (Fsp3) is 0.500. The SMILES string of the molecule is NC(=NC[C@H](O)c1ccc(F)cc1)NCC1CCCO1. The minimum atomic E-state index is -0.793. The summed E-state index contributed by atoms with van der Waals surface area (Å²) in [7, 11) is 0. The lowest BCUT2D eigenvalue weighted by atomic mass is 10.1. The average molecular weight is 281 g/mol. The number of guanidine groups is 1. The van der Waals surface area contributed by atoms with Crippen LogP contribution in [0.2, 0.25) is 0 Å². The first kappa shape index (κ1) is 14.7. The third kappa shape index (κ3) is 4.47. The molecule has 20 heavy (non-hydrogen) atoms. The number of benzene rings is 1. The van der Waals surface area contributed by atoms with Gasteiger partial charge in [-0.1, -0.05) is 12.1 Å². The molecular weight excluding hydrogens is 261 g/mol. The lowest BCUT2D eigenvalue weighted by Crippen LogP contribution is -2.37. The van der Waals surface area contributed by atoms with Crippen LogP contribution in [0.25, 0.3) is 0 Å². The minimum absolute atomic E-state index is 0.135. The van der Waals surface area contributed by atoms with Crippen molar-refractivity contribution in [3.8, 4) is 0 Å². The van der Waals surface area contributed by atoms with Gasteiger partial charge in [-0.25, -0.2) is 4.39 Å². The van der Waals surface area contributed by atoms with Crippen molar-refractivity contribution in [2.45, 2.75) is 25.0 Å². The predicted molar refractivity (Wildman–Crippen MR) is 74.8 cm³/mol. The second-order valence-corrected chi connectivity index (χ2v) is 4.81. The van der Waals surface area contributed by atoms with Crippen molar-refractivity contribution in [2.75, 3.05) is 19.7 Å².